The molecular formula is C18H12ClF3N2O3S. The van der Waals surface area contributed by atoms with Crippen molar-refractivity contribution >= 4 is 45.0 Å². The Morgan fingerprint density at radius 2 is 1.96 bits per heavy atom. The van der Waals surface area contributed by atoms with E-state index in [9.17, 15) is 22.8 Å². The third-order valence-corrected chi connectivity index (χ3v) is 5.00. The minimum Gasteiger partial charge on any atom is -0.465 e. The number of amides is 1. The van der Waals surface area contributed by atoms with Crippen LogP contribution < -0.4 is 4.80 Å². The van der Waals surface area contributed by atoms with Gasteiger partial charge in [0.25, 0.3) is 5.91 Å². The molecule has 0 aliphatic carbocycles. The number of fused-ring (bicyclic) bond motifs is 1. The molecule has 1 heterocycles. The normalized spacial score (nSPS) is 11.8. The number of carbonyl (C=O) groups is 2. The van der Waals surface area contributed by atoms with Crippen LogP contribution in [0.5, 0.6) is 0 Å². The number of ether oxygens (including phenoxy) is 1. The van der Waals surface area contributed by atoms with E-state index in [2.05, 4.69) is 4.99 Å². The maximum Gasteiger partial charge on any atom is 0.326 e. The number of hydrogen-bond acceptors (Lipinski definition) is 4. The number of aromatic nitrogens is 1. The smallest absolute Gasteiger partial charge is 0.326 e. The molecule has 0 spiro atoms. The molecule has 0 unspecified atom stereocenters. The molecule has 2 aromatic carbocycles. The van der Waals surface area contributed by atoms with Gasteiger partial charge in [-0.3, -0.25) is 9.59 Å². The monoisotopic (exact) mass is 428 g/mol. The third kappa shape index (κ3) is 3.95. The van der Waals surface area contributed by atoms with Gasteiger partial charge >= 0.3 is 5.97 Å². The fourth-order valence-electron chi connectivity index (χ4n) is 2.54. The number of nitrogens with zero attached hydrogens (tertiary/aromatic N) is 2. The summed E-state index contributed by atoms with van der Waals surface area (Å²) in [5, 5.41) is -0.149. The number of esters is 1. The topological polar surface area (TPSA) is 60.7 Å². The summed E-state index contributed by atoms with van der Waals surface area (Å²) in [4.78, 5) is 28.0. The Bertz CT molecular complexity index is 1140. The van der Waals surface area contributed by atoms with E-state index in [0.29, 0.717) is 6.07 Å². The van der Waals surface area contributed by atoms with Gasteiger partial charge in [-0.05, 0) is 25.1 Å². The van der Waals surface area contributed by atoms with E-state index in [0.717, 1.165) is 28.0 Å². The van der Waals surface area contributed by atoms with Crippen LogP contribution >= 0.6 is 22.9 Å². The van der Waals surface area contributed by atoms with E-state index in [1.54, 1.807) is 6.92 Å². The Labute approximate surface area is 165 Å². The second kappa shape index (κ2) is 8.15. The molecule has 0 aliphatic heterocycles. The number of benzene rings is 2. The average molecular weight is 429 g/mol. The van der Waals surface area contributed by atoms with Crippen molar-refractivity contribution in [1.82, 2.24) is 4.57 Å². The highest BCUT2D eigenvalue weighted by molar-refractivity contribution is 7.16. The predicted molar refractivity (Wildman–Crippen MR) is 97.7 cm³/mol. The summed E-state index contributed by atoms with van der Waals surface area (Å²) in [6, 6.07) is 5.38. The second-order valence-electron chi connectivity index (χ2n) is 5.52. The van der Waals surface area contributed by atoms with Crippen LogP contribution in [0, 0.1) is 17.5 Å². The Kier molecular flexibility index (Phi) is 5.85. The van der Waals surface area contributed by atoms with Crippen LogP contribution in [0.4, 0.5) is 13.2 Å². The maximum atomic E-state index is 14.3. The summed E-state index contributed by atoms with van der Waals surface area (Å²) in [6.45, 7) is 1.22. The lowest BCUT2D eigenvalue weighted by Gasteiger charge is -2.06. The van der Waals surface area contributed by atoms with E-state index in [1.807, 2.05) is 0 Å². The van der Waals surface area contributed by atoms with Crippen LogP contribution in [0.25, 0.3) is 10.2 Å². The van der Waals surface area contributed by atoms with Crippen molar-refractivity contribution in [3.05, 3.63) is 63.2 Å². The molecule has 5 nitrogen and oxygen atoms in total. The van der Waals surface area contributed by atoms with Crippen LogP contribution in [0.15, 0.2) is 35.3 Å². The average Bonchev–Trinajstić information content (AvgIpc) is 2.92. The number of rotatable bonds is 4. The number of thiazole rings is 1. The van der Waals surface area contributed by atoms with Gasteiger partial charge in [0.1, 0.15) is 18.2 Å². The SMILES string of the molecule is CCOC(=O)Cn1c(=NC(=O)c2c(F)cccc2Cl)sc2cc(F)cc(F)c21. The summed E-state index contributed by atoms with van der Waals surface area (Å²) >= 11 is 6.64. The van der Waals surface area contributed by atoms with Gasteiger partial charge in [0.2, 0.25) is 0 Å². The van der Waals surface area contributed by atoms with E-state index >= 15 is 0 Å². The molecule has 0 saturated carbocycles. The highest BCUT2D eigenvalue weighted by atomic mass is 35.5. The summed E-state index contributed by atoms with van der Waals surface area (Å²) in [6.07, 6.45) is 0. The van der Waals surface area contributed by atoms with Gasteiger partial charge in [-0.1, -0.05) is 29.0 Å². The summed E-state index contributed by atoms with van der Waals surface area (Å²) in [5.74, 6) is -4.37. The first kappa shape index (κ1) is 20.1. The number of halogens is 4. The van der Waals surface area contributed by atoms with Crippen LogP contribution in [0.1, 0.15) is 17.3 Å². The Morgan fingerprint density at radius 1 is 1.21 bits per heavy atom. The zero-order valence-electron chi connectivity index (χ0n) is 14.3. The molecule has 0 aliphatic rings. The number of hydrogen-bond donors (Lipinski definition) is 0. The van der Waals surface area contributed by atoms with Crippen molar-refractivity contribution in [2.24, 2.45) is 4.99 Å². The molecule has 0 atom stereocenters. The minimum absolute atomic E-state index is 0.0921. The molecule has 1 amide bonds. The molecule has 1 aromatic heterocycles. The molecule has 0 N–H and O–H groups in total. The highest BCUT2D eigenvalue weighted by Crippen LogP contribution is 2.23. The van der Waals surface area contributed by atoms with Gasteiger partial charge in [0.15, 0.2) is 10.6 Å². The first-order valence-corrected chi connectivity index (χ1v) is 9.18. The van der Waals surface area contributed by atoms with Crippen molar-refractivity contribution in [3.8, 4) is 0 Å². The maximum absolute atomic E-state index is 14.3. The summed E-state index contributed by atoms with van der Waals surface area (Å²) in [5.41, 5.74) is -0.582. The molecule has 0 saturated heterocycles. The zero-order chi connectivity index (χ0) is 20.4. The number of carbonyl (C=O) groups excluding carboxylic acids is 2. The predicted octanol–water partition coefficient (Wildman–Crippen LogP) is 4.08. The van der Waals surface area contributed by atoms with Crippen LogP contribution in [-0.4, -0.2) is 23.1 Å². The molecule has 3 aromatic rings. The van der Waals surface area contributed by atoms with Crippen molar-refractivity contribution < 1.29 is 27.5 Å². The van der Waals surface area contributed by atoms with Gasteiger partial charge in [-0.15, -0.1) is 0 Å². The van der Waals surface area contributed by atoms with Crippen LogP contribution in [-0.2, 0) is 16.1 Å². The lowest BCUT2D eigenvalue weighted by molar-refractivity contribution is -0.143. The van der Waals surface area contributed by atoms with Crippen molar-refractivity contribution in [3.63, 3.8) is 0 Å². The summed E-state index contributed by atoms with van der Waals surface area (Å²) < 4.78 is 47.9. The van der Waals surface area contributed by atoms with Gasteiger partial charge < -0.3 is 9.30 Å². The molecular weight excluding hydrogens is 417 g/mol. The van der Waals surface area contributed by atoms with Gasteiger partial charge in [-0.2, -0.15) is 4.99 Å². The van der Waals surface area contributed by atoms with Gasteiger partial charge in [0, 0.05) is 6.07 Å². The van der Waals surface area contributed by atoms with E-state index < -0.39 is 41.4 Å². The zero-order valence-corrected chi connectivity index (χ0v) is 15.9. The largest absolute Gasteiger partial charge is 0.465 e. The fraction of sp³-hybridized carbons (Fsp3) is 0.167. The quantitative estimate of drug-likeness (QED) is 0.588. The van der Waals surface area contributed by atoms with Crippen LogP contribution in [0.2, 0.25) is 5.02 Å². The molecule has 0 bridgehead atoms. The van der Waals surface area contributed by atoms with Crippen molar-refractivity contribution in [2.45, 2.75) is 13.5 Å². The Balaban J connectivity index is 2.21. The van der Waals surface area contributed by atoms with Crippen LogP contribution in [0.3, 0.4) is 0 Å². The molecule has 10 heteroatoms. The molecule has 0 fully saturated rings. The van der Waals surface area contributed by atoms with Crippen molar-refractivity contribution in [2.75, 3.05) is 6.61 Å². The Hall–Kier alpha value is -2.65. The minimum atomic E-state index is -1.02. The first-order valence-electron chi connectivity index (χ1n) is 7.99. The molecule has 0 radical (unpaired) electrons. The van der Waals surface area contributed by atoms with E-state index in [1.165, 1.54) is 12.1 Å². The van der Waals surface area contributed by atoms with E-state index in [4.69, 9.17) is 16.3 Å². The second-order valence-corrected chi connectivity index (χ2v) is 6.94. The highest BCUT2D eigenvalue weighted by Gasteiger charge is 2.19. The van der Waals surface area contributed by atoms with Gasteiger partial charge in [-0.25, -0.2) is 13.2 Å². The van der Waals surface area contributed by atoms with E-state index in [-0.39, 0.29) is 26.6 Å². The standard InChI is InChI=1S/C18H12ClF3N2O3S/c1-2-27-14(25)8-24-16-12(22)6-9(20)7-13(16)28-18(24)23-17(26)15-10(19)4-3-5-11(15)21/h3-7H,2,8H2,1H3. The lowest BCUT2D eigenvalue weighted by Crippen LogP contribution is -2.23. The summed E-state index contributed by atoms with van der Waals surface area (Å²) in [7, 11) is 0. The molecule has 146 valence electrons. The lowest BCUT2D eigenvalue weighted by atomic mass is 10.2. The van der Waals surface area contributed by atoms with Crippen molar-refractivity contribution in [1.29, 1.82) is 0 Å². The first-order chi connectivity index (χ1) is 13.3. The molecule has 3 rings (SSSR count). The molecule has 28 heavy (non-hydrogen) atoms. The third-order valence-electron chi connectivity index (χ3n) is 3.66. The Morgan fingerprint density at radius 3 is 2.64 bits per heavy atom. The fourth-order valence-corrected chi connectivity index (χ4v) is 3.85. The van der Waals surface area contributed by atoms with Gasteiger partial charge in [0.05, 0.1) is 27.4 Å².